The predicted molar refractivity (Wildman–Crippen MR) is 55.1 cm³/mol. The SMILES string of the molecule is CCCCn1cc([N+](=O)[O-])c(C(=O)OC)n1. The van der Waals surface area contributed by atoms with Crippen molar-refractivity contribution in [2.24, 2.45) is 0 Å². The summed E-state index contributed by atoms with van der Waals surface area (Å²) in [5, 5.41) is 14.5. The molecule has 0 spiro atoms. The largest absolute Gasteiger partial charge is 0.464 e. The lowest BCUT2D eigenvalue weighted by atomic mass is 10.3. The molecule has 1 rings (SSSR count). The van der Waals surface area contributed by atoms with Gasteiger partial charge in [-0.2, -0.15) is 5.10 Å². The zero-order valence-electron chi connectivity index (χ0n) is 9.17. The van der Waals surface area contributed by atoms with Crippen LogP contribution in [0.4, 0.5) is 5.69 Å². The molecule has 0 aliphatic carbocycles. The van der Waals surface area contributed by atoms with Crippen LogP contribution in [-0.2, 0) is 11.3 Å². The molecule has 0 amide bonds. The zero-order valence-corrected chi connectivity index (χ0v) is 9.17. The average Bonchev–Trinajstić information content (AvgIpc) is 2.69. The van der Waals surface area contributed by atoms with Crippen molar-refractivity contribution in [2.45, 2.75) is 26.3 Å². The first kappa shape index (κ1) is 12.2. The van der Waals surface area contributed by atoms with Crippen LogP contribution in [0.25, 0.3) is 0 Å². The van der Waals surface area contributed by atoms with Crippen LogP contribution in [0.5, 0.6) is 0 Å². The number of carbonyl (C=O) groups excluding carboxylic acids is 1. The van der Waals surface area contributed by atoms with Gasteiger partial charge in [0.15, 0.2) is 0 Å². The van der Waals surface area contributed by atoms with E-state index in [4.69, 9.17) is 0 Å². The Hall–Kier alpha value is -1.92. The lowest BCUT2D eigenvalue weighted by Gasteiger charge is -1.96. The van der Waals surface area contributed by atoms with Gasteiger partial charge < -0.3 is 4.74 Å². The molecule has 0 aliphatic rings. The Morgan fingerprint density at radius 3 is 2.88 bits per heavy atom. The van der Waals surface area contributed by atoms with Crippen LogP contribution in [0.1, 0.15) is 30.3 Å². The van der Waals surface area contributed by atoms with Gasteiger partial charge in [-0.15, -0.1) is 0 Å². The first-order valence-corrected chi connectivity index (χ1v) is 4.90. The molecule has 7 nitrogen and oxygen atoms in total. The number of aryl methyl sites for hydroxylation is 1. The fourth-order valence-electron chi connectivity index (χ4n) is 1.22. The van der Waals surface area contributed by atoms with Crippen molar-refractivity contribution in [3.63, 3.8) is 0 Å². The summed E-state index contributed by atoms with van der Waals surface area (Å²) in [5.41, 5.74) is -0.563. The Balaban J connectivity index is 3.00. The molecule has 0 saturated carbocycles. The van der Waals surface area contributed by atoms with Gasteiger partial charge in [0, 0.05) is 6.54 Å². The highest BCUT2D eigenvalue weighted by Gasteiger charge is 2.25. The first-order valence-electron chi connectivity index (χ1n) is 4.90. The van der Waals surface area contributed by atoms with Crippen molar-refractivity contribution in [3.05, 3.63) is 22.0 Å². The number of methoxy groups -OCH3 is 1. The molecule has 1 heterocycles. The molecule has 0 radical (unpaired) electrons. The fourth-order valence-corrected chi connectivity index (χ4v) is 1.22. The number of esters is 1. The number of nitro groups is 1. The molecule has 7 heteroatoms. The fraction of sp³-hybridized carbons (Fsp3) is 0.556. The zero-order chi connectivity index (χ0) is 12.1. The summed E-state index contributed by atoms with van der Waals surface area (Å²) in [7, 11) is 1.16. The van der Waals surface area contributed by atoms with E-state index in [0.29, 0.717) is 6.54 Å². The highest BCUT2D eigenvalue weighted by Crippen LogP contribution is 2.17. The molecule has 1 aromatic heterocycles. The van der Waals surface area contributed by atoms with E-state index >= 15 is 0 Å². The van der Waals surface area contributed by atoms with E-state index in [2.05, 4.69) is 9.84 Å². The van der Waals surface area contributed by atoms with Crippen molar-refractivity contribution in [3.8, 4) is 0 Å². The van der Waals surface area contributed by atoms with Crippen molar-refractivity contribution < 1.29 is 14.5 Å². The minimum absolute atomic E-state index is 0.247. The molecule has 0 fully saturated rings. The first-order chi connectivity index (χ1) is 7.60. The number of hydrogen-bond acceptors (Lipinski definition) is 5. The van der Waals surface area contributed by atoms with Gasteiger partial charge in [0.05, 0.1) is 12.0 Å². The van der Waals surface area contributed by atoms with Gasteiger partial charge >= 0.3 is 11.7 Å². The summed E-state index contributed by atoms with van der Waals surface area (Å²) in [4.78, 5) is 21.3. The molecule has 0 unspecified atom stereocenters. The number of rotatable bonds is 5. The Morgan fingerprint density at radius 1 is 1.69 bits per heavy atom. The van der Waals surface area contributed by atoms with Gasteiger partial charge in [-0.1, -0.05) is 13.3 Å². The minimum atomic E-state index is -0.790. The number of hydrogen-bond donors (Lipinski definition) is 0. The van der Waals surface area contributed by atoms with Gasteiger partial charge in [0.25, 0.3) is 0 Å². The Labute approximate surface area is 92.2 Å². The molecule has 1 aromatic rings. The normalized spacial score (nSPS) is 10.1. The highest BCUT2D eigenvalue weighted by molar-refractivity contribution is 5.91. The Kier molecular flexibility index (Phi) is 3.98. The van der Waals surface area contributed by atoms with Crippen LogP contribution in [0.15, 0.2) is 6.20 Å². The van der Waals surface area contributed by atoms with Crippen molar-refractivity contribution in [1.29, 1.82) is 0 Å². The topological polar surface area (TPSA) is 87.3 Å². The number of unbranched alkanes of at least 4 members (excludes halogenated alkanes) is 1. The Morgan fingerprint density at radius 2 is 2.38 bits per heavy atom. The van der Waals surface area contributed by atoms with Crippen LogP contribution in [0.3, 0.4) is 0 Å². The van der Waals surface area contributed by atoms with E-state index in [1.807, 2.05) is 6.92 Å². The third kappa shape index (κ3) is 2.56. The smallest absolute Gasteiger partial charge is 0.365 e. The molecular weight excluding hydrogens is 214 g/mol. The van der Waals surface area contributed by atoms with Gasteiger partial charge in [0.2, 0.25) is 5.69 Å². The summed E-state index contributed by atoms with van der Waals surface area (Å²) < 4.78 is 5.82. The maximum atomic E-state index is 11.2. The third-order valence-electron chi connectivity index (χ3n) is 2.06. The number of ether oxygens (including phenoxy) is 1. The van der Waals surface area contributed by atoms with Crippen LogP contribution >= 0.6 is 0 Å². The number of aromatic nitrogens is 2. The third-order valence-corrected chi connectivity index (χ3v) is 2.06. The molecule has 0 atom stereocenters. The summed E-state index contributed by atoms with van der Waals surface area (Å²) in [6, 6.07) is 0. The van der Waals surface area contributed by atoms with Gasteiger partial charge in [-0.3, -0.25) is 14.8 Å². The minimum Gasteiger partial charge on any atom is -0.464 e. The average molecular weight is 227 g/mol. The van der Waals surface area contributed by atoms with Gasteiger partial charge in [0.1, 0.15) is 6.20 Å². The van der Waals surface area contributed by atoms with Gasteiger partial charge in [-0.05, 0) is 6.42 Å². The molecule has 88 valence electrons. The molecule has 0 bridgehead atoms. The van der Waals surface area contributed by atoms with Crippen LogP contribution in [0, 0.1) is 10.1 Å². The lowest BCUT2D eigenvalue weighted by molar-refractivity contribution is -0.385. The quantitative estimate of drug-likeness (QED) is 0.430. The molecule has 0 aliphatic heterocycles. The van der Waals surface area contributed by atoms with Crippen molar-refractivity contribution >= 4 is 11.7 Å². The van der Waals surface area contributed by atoms with E-state index < -0.39 is 10.9 Å². The number of carbonyl (C=O) groups is 1. The van der Waals surface area contributed by atoms with Crippen molar-refractivity contribution in [2.75, 3.05) is 7.11 Å². The summed E-state index contributed by atoms with van der Waals surface area (Å²) >= 11 is 0. The maximum Gasteiger partial charge on any atom is 0.365 e. The monoisotopic (exact) mass is 227 g/mol. The summed E-state index contributed by atoms with van der Waals surface area (Å²) in [5.74, 6) is -0.790. The second kappa shape index (κ2) is 5.24. The molecule has 0 N–H and O–H groups in total. The highest BCUT2D eigenvalue weighted by atomic mass is 16.6. The molecule has 16 heavy (non-hydrogen) atoms. The lowest BCUT2D eigenvalue weighted by Crippen LogP contribution is -2.06. The van der Waals surface area contributed by atoms with E-state index in [0.717, 1.165) is 20.0 Å². The van der Waals surface area contributed by atoms with Gasteiger partial charge in [-0.25, -0.2) is 4.79 Å². The standard InChI is InChI=1S/C9H13N3O4/c1-3-4-5-11-6-7(12(14)15)8(10-11)9(13)16-2/h6H,3-5H2,1-2H3. The van der Waals surface area contributed by atoms with E-state index in [1.54, 1.807) is 0 Å². The number of nitrogens with zero attached hydrogens (tertiary/aromatic N) is 3. The van der Waals surface area contributed by atoms with Crippen LogP contribution < -0.4 is 0 Å². The van der Waals surface area contributed by atoms with E-state index in [-0.39, 0.29) is 11.4 Å². The summed E-state index contributed by atoms with van der Waals surface area (Å²) in [6.07, 6.45) is 3.04. The molecule has 0 saturated heterocycles. The Bertz CT molecular complexity index is 399. The summed E-state index contributed by atoms with van der Waals surface area (Å²) in [6.45, 7) is 2.55. The second-order valence-corrected chi connectivity index (χ2v) is 3.23. The predicted octanol–water partition coefficient (Wildman–Crippen LogP) is 1.38. The van der Waals surface area contributed by atoms with Crippen molar-refractivity contribution in [1.82, 2.24) is 9.78 Å². The molecular formula is C9H13N3O4. The van der Waals surface area contributed by atoms with Crippen LogP contribution in [0.2, 0.25) is 0 Å². The molecule has 0 aromatic carbocycles. The maximum absolute atomic E-state index is 11.2. The van der Waals surface area contributed by atoms with E-state index in [9.17, 15) is 14.9 Å². The van der Waals surface area contributed by atoms with E-state index in [1.165, 1.54) is 10.9 Å². The second-order valence-electron chi connectivity index (χ2n) is 3.23. The van der Waals surface area contributed by atoms with Crippen LogP contribution in [-0.4, -0.2) is 27.8 Å².